The van der Waals surface area contributed by atoms with Crippen molar-refractivity contribution in [2.45, 2.75) is 0 Å². The first kappa shape index (κ1) is 28.0. The van der Waals surface area contributed by atoms with Gasteiger partial charge in [0, 0.05) is 73.6 Å². The number of thiophene rings is 2. The molecule has 0 spiro atoms. The number of aromatic nitrogens is 1. The zero-order valence-electron chi connectivity index (χ0n) is 26.9. The Morgan fingerprint density at radius 3 is 1.50 bits per heavy atom. The second-order valence-electron chi connectivity index (χ2n) is 12.9. The summed E-state index contributed by atoms with van der Waals surface area (Å²) in [5.74, 6) is 0. The van der Waals surface area contributed by atoms with Crippen molar-refractivity contribution in [1.29, 1.82) is 0 Å². The van der Waals surface area contributed by atoms with Crippen molar-refractivity contribution in [2.24, 2.45) is 0 Å². The van der Waals surface area contributed by atoms with Gasteiger partial charge in [-0.1, -0.05) is 109 Å². The smallest absolute Gasteiger partial charge is 0.0568 e. The third-order valence-electron chi connectivity index (χ3n) is 10.2. The number of hydrogen-bond donors (Lipinski definition) is 0. The Balaban J connectivity index is 1.26. The molecule has 0 amide bonds. The molecule has 3 heterocycles. The molecule has 0 atom stereocenters. The number of nitrogens with zero attached hydrogens (tertiary/aromatic N) is 2. The molecule has 8 aromatic carbocycles. The molecule has 0 saturated carbocycles. The van der Waals surface area contributed by atoms with E-state index >= 15 is 0 Å². The fourth-order valence-electron chi connectivity index (χ4n) is 7.99. The zero-order valence-corrected chi connectivity index (χ0v) is 28.5. The molecule has 50 heavy (non-hydrogen) atoms. The van der Waals surface area contributed by atoms with Gasteiger partial charge in [0.25, 0.3) is 0 Å². The van der Waals surface area contributed by atoms with Gasteiger partial charge in [-0.2, -0.15) is 0 Å². The predicted octanol–water partition coefficient (Wildman–Crippen LogP) is 14.1. The van der Waals surface area contributed by atoms with Crippen molar-refractivity contribution in [3.8, 4) is 5.69 Å². The largest absolute Gasteiger partial charge is 0.310 e. The molecule has 0 aliphatic rings. The zero-order chi connectivity index (χ0) is 32.8. The van der Waals surface area contributed by atoms with E-state index in [0.717, 1.165) is 22.7 Å². The summed E-state index contributed by atoms with van der Waals surface area (Å²) in [4.78, 5) is 2.49. The minimum absolute atomic E-state index is 1.15. The van der Waals surface area contributed by atoms with Crippen LogP contribution < -0.4 is 4.90 Å². The summed E-state index contributed by atoms with van der Waals surface area (Å²) in [6, 6.07) is 62.5. The maximum absolute atomic E-state index is 2.49. The molecular formula is C46H28N2S2. The first-order chi connectivity index (χ1) is 24.8. The lowest BCUT2D eigenvalue weighted by Crippen LogP contribution is -2.10. The van der Waals surface area contributed by atoms with E-state index in [1.165, 1.54) is 72.9 Å². The van der Waals surface area contributed by atoms with E-state index in [4.69, 9.17) is 0 Å². The molecule has 3 aromatic heterocycles. The van der Waals surface area contributed by atoms with Crippen LogP contribution in [0.3, 0.4) is 0 Å². The number of anilines is 3. The Morgan fingerprint density at radius 2 is 0.860 bits per heavy atom. The molecule has 0 bridgehead atoms. The van der Waals surface area contributed by atoms with Crippen LogP contribution in [-0.4, -0.2) is 4.57 Å². The average molecular weight is 673 g/mol. The predicted molar refractivity (Wildman–Crippen MR) is 219 cm³/mol. The van der Waals surface area contributed by atoms with Crippen LogP contribution in [0.15, 0.2) is 170 Å². The molecule has 11 aromatic rings. The monoisotopic (exact) mass is 672 g/mol. The lowest BCUT2D eigenvalue weighted by atomic mass is 10.0. The van der Waals surface area contributed by atoms with Gasteiger partial charge in [-0.05, 0) is 66.0 Å². The van der Waals surface area contributed by atoms with Gasteiger partial charge < -0.3 is 9.47 Å². The molecule has 11 rings (SSSR count). The van der Waals surface area contributed by atoms with Crippen LogP contribution in [0.2, 0.25) is 0 Å². The molecule has 0 saturated heterocycles. The Hall–Kier alpha value is -5.94. The SMILES string of the molecule is c1ccc(-n2c3ccccc3c3c4ccccc4c(N(c4ccc5c(c4)sc4ccccc45)c4ccc5c(c4)sc4ccccc45)cc32)cc1. The van der Waals surface area contributed by atoms with Gasteiger partial charge >= 0.3 is 0 Å². The average Bonchev–Trinajstić information content (AvgIpc) is 3.84. The van der Waals surface area contributed by atoms with Crippen molar-refractivity contribution in [3.63, 3.8) is 0 Å². The second kappa shape index (κ2) is 10.8. The molecule has 234 valence electrons. The molecule has 0 N–H and O–H groups in total. The quantitative estimate of drug-likeness (QED) is 0.181. The minimum Gasteiger partial charge on any atom is -0.310 e. The van der Waals surface area contributed by atoms with E-state index in [1.807, 2.05) is 22.7 Å². The molecule has 0 radical (unpaired) electrons. The summed E-state index contributed by atoms with van der Waals surface area (Å²) in [5, 5.41) is 10.3. The molecule has 0 aliphatic heterocycles. The standard InChI is InChI=1S/C46H28N2S2/c1-2-12-29(13-3-1)48-39-19-9-6-18-38(39)46-37-17-5-4-14-32(37)40(28-41(46)48)47(30-22-24-35-33-15-7-10-20-42(33)49-44(35)26-30)31-23-25-36-34-16-8-11-21-43(34)50-45(36)27-31/h1-28H. The van der Waals surface area contributed by atoms with Crippen molar-refractivity contribution in [3.05, 3.63) is 170 Å². The molecular weight excluding hydrogens is 645 g/mol. The van der Waals surface area contributed by atoms with Crippen molar-refractivity contribution < 1.29 is 0 Å². The van der Waals surface area contributed by atoms with Crippen LogP contribution in [0.25, 0.3) is 78.6 Å². The number of benzene rings is 8. The lowest BCUT2D eigenvalue weighted by molar-refractivity contribution is 1.18. The summed E-state index contributed by atoms with van der Waals surface area (Å²) in [6.45, 7) is 0. The van der Waals surface area contributed by atoms with Gasteiger partial charge in [-0.25, -0.2) is 0 Å². The van der Waals surface area contributed by atoms with E-state index in [0.29, 0.717) is 0 Å². The second-order valence-corrected chi connectivity index (χ2v) is 15.1. The molecule has 4 heteroatoms. The van der Waals surface area contributed by atoms with Crippen LogP contribution in [0.4, 0.5) is 17.1 Å². The third kappa shape index (κ3) is 4.07. The minimum atomic E-state index is 1.15. The van der Waals surface area contributed by atoms with Gasteiger partial charge in [0.1, 0.15) is 0 Å². The van der Waals surface area contributed by atoms with E-state index in [-0.39, 0.29) is 0 Å². The Kier molecular flexibility index (Phi) is 6.03. The number of rotatable bonds is 4. The third-order valence-corrected chi connectivity index (χ3v) is 12.4. The van der Waals surface area contributed by atoms with Gasteiger partial charge in [-0.15, -0.1) is 22.7 Å². The van der Waals surface area contributed by atoms with Crippen molar-refractivity contribution >= 4 is 113 Å². The van der Waals surface area contributed by atoms with Crippen molar-refractivity contribution in [2.75, 3.05) is 4.90 Å². The highest BCUT2D eigenvalue weighted by Gasteiger charge is 2.23. The highest BCUT2D eigenvalue weighted by molar-refractivity contribution is 7.26. The highest BCUT2D eigenvalue weighted by atomic mass is 32.1. The van der Waals surface area contributed by atoms with E-state index in [1.54, 1.807) is 0 Å². The maximum atomic E-state index is 2.49. The molecule has 0 fully saturated rings. The highest BCUT2D eigenvalue weighted by Crippen LogP contribution is 2.48. The molecule has 0 aliphatic carbocycles. The van der Waals surface area contributed by atoms with Crippen LogP contribution in [0.1, 0.15) is 0 Å². The van der Waals surface area contributed by atoms with E-state index in [9.17, 15) is 0 Å². The fourth-order valence-corrected chi connectivity index (χ4v) is 10.3. The molecule has 2 nitrogen and oxygen atoms in total. The summed E-state index contributed by atoms with van der Waals surface area (Å²) in [5.41, 5.74) is 7.02. The molecule has 0 unspecified atom stereocenters. The van der Waals surface area contributed by atoms with Crippen LogP contribution in [0.5, 0.6) is 0 Å². The van der Waals surface area contributed by atoms with Gasteiger partial charge in [-0.3, -0.25) is 0 Å². The van der Waals surface area contributed by atoms with Gasteiger partial charge in [0.05, 0.1) is 16.7 Å². The first-order valence-electron chi connectivity index (χ1n) is 16.9. The van der Waals surface area contributed by atoms with Crippen LogP contribution >= 0.6 is 22.7 Å². The summed E-state index contributed by atoms with van der Waals surface area (Å²) in [7, 11) is 0. The summed E-state index contributed by atoms with van der Waals surface area (Å²) in [6.07, 6.45) is 0. The van der Waals surface area contributed by atoms with Crippen LogP contribution in [0, 0.1) is 0 Å². The Bertz CT molecular complexity index is 3000. The van der Waals surface area contributed by atoms with Gasteiger partial charge in [0.15, 0.2) is 0 Å². The first-order valence-corrected chi connectivity index (χ1v) is 18.6. The van der Waals surface area contributed by atoms with Crippen LogP contribution in [-0.2, 0) is 0 Å². The van der Waals surface area contributed by atoms with Gasteiger partial charge in [0.2, 0.25) is 0 Å². The topological polar surface area (TPSA) is 8.17 Å². The lowest BCUT2D eigenvalue weighted by Gasteiger charge is -2.27. The Morgan fingerprint density at radius 1 is 0.360 bits per heavy atom. The Labute approximate surface area is 296 Å². The number of para-hydroxylation sites is 2. The number of hydrogen-bond acceptors (Lipinski definition) is 3. The maximum Gasteiger partial charge on any atom is 0.0568 e. The summed E-state index contributed by atoms with van der Waals surface area (Å²) < 4.78 is 7.65. The number of fused-ring (bicyclic) bond motifs is 11. The fraction of sp³-hybridized carbons (Fsp3) is 0. The van der Waals surface area contributed by atoms with Crippen molar-refractivity contribution in [1.82, 2.24) is 4.57 Å². The summed E-state index contributed by atoms with van der Waals surface area (Å²) >= 11 is 3.74. The van der Waals surface area contributed by atoms with E-state index < -0.39 is 0 Å². The van der Waals surface area contributed by atoms with E-state index in [2.05, 4.69) is 179 Å². The normalized spacial score (nSPS) is 12.0.